The summed E-state index contributed by atoms with van der Waals surface area (Å²) in [5.41, 5.74) is 0. The van der Waals surface area contributed by atoms with E-state index in [-0.39, 0.29) is 5.00 Å². The first-order valence-corrected chi connectivity index (χ1v) is 4.50. The van der Waals surface area contributed by atoms with Gasteiger partial charge in [-0.2, -0.15) is 0 Å². The Bertz CT molecular complexity index is 321. The van der Waals surface area contributed by atoms with E-state index in [2.05, 4.69) is 6.58 Å². The lowest BCUT2D eigenvalue weighted by Gasteiger charge is -2.02. The highest BCUT2D eigenvalue weighted by Gasteiger charge is 2.14. The summed E-state index contributed by atoms with van der Waals surface area (Å²) in [5, 5.41) is 19.8. The molecule has 1 rings (SSSR count). The summed E-state index contributed by atoms with van der Waals surface area (Å²) in [6.45, 7) is 3.48. The van der Waals surface area contributed by atoms with Gasteiger partial charge in [0.2, 0.25) is 0 Å². The van der Waals surface area contributed by atoms with Crippen molar-refractivity contribution in [3.05, 3.63) is 39.8 Å². The number of thiophene rings is 1. The fourth-order valence-electron chi connectivity index (χ4n) is 0.893. The molecule has 1 aromatic rings. The van der Waals surface area contributed by atoms with E-state index in [4.69, 9.17) is 0 Å². The largest absolute Gasteiger partial charge is 0.387 e. The van der Waals surface area contributed by atoms with E-state index in [1.54, 1.807) is 12.1 Å². The van der Waals surface area contributed by atoms with E-state index in [1.807, 2.05) is 0 Å². The summed E-state index contributed by atoms with van der Waals surface area (Å²) in [7, 11) is 0. The number of rotatable bonds is 4. The van der Waals surface area contributed by atoms with Crippen molar-refractivity contribution in [1.29, 1.82) is 0 Å². The molecular formula is C8H9NO3S. The minimum absolute atomic E-state index is 0.0538. The molecule has 0 amide bonds. The fraction of sp³-hybridized carbons (Fsp3) is 0.250. The van der Waals surface area contributed by atoms with Crippen molar-refractivity contribution in [2.24, 2.45) is 0 Å². The van der Waals surface area contributed by atoms with Crippen molar-refractivity contribution >= 4 is 16.3 Å². The molecule has 1 atom stereocenters. The second-order valence-corrected chi connectivity index (χ2v) is 3.57. The average molecular weight is 199 g/mol. The Hall–Kier alpha value is -1.20. The van der Waals surface area contributed by atoms with E-state index in [0.29, 0.717) is 11.3 Å². The zero-order valence-electron chi connectivity index (χ0n) is 6.84. The van der Waals surface area contributed by atoms with Crippen molar-refractivity contribution in [3.63, 3.8) is 0 Å². The molecule has 0 fully saturated rings. The Morgan fingerprint density at radius 3 is 2.92 bits per heavy atom. The van der Waals surface area contributed by atoms with Gasteiger partial charge in [0, 0.05) is 10.9 Å². The Morgan fingerprint density at radius 1 is 1.77 bits per heavy atom. The van der Waals surface area contributed by atoms with Crippen molar-refractivity contribution < 1.29 is 10.0 Å². The molecule has 0 saturated carbocycles. The normalized spacial score (nSPS) is 12.4. The van der Waals surface area contributed by atoms with Crippen molar-refractivity contribution in [1.82, 2.24) is 0 Å². The van der Waals surface area contributed by atoms with Gasteiger partial charge in [0.05, 0.1) is 11.0 Å². The maximum atomic E-state index is 10.3. The van der Waals surface area contributed by atoms with Gasteiger partial charge in [0.1, 0.15) is 0 Å². The molecule has 70 valence electrons. The first-order valence-electron chi connectivity index (χ1n) is 3.68. The number of aliphatic hydroxyl groups excluding tert-OH is 1. The molecule has 0 bridgehead atoms. The Morgan fingerprint density at radius 2 is 2.46 bits per heavy atom. The molecule has 13 heavy (non-hydrogen) atoms. The topological polar surface area (TPSA) is 63.4 Å². The van der Waals surface area contributed by atoms with Crippen LogP contribution < -0.4 is 0 Å². The molecule has 5 heteroatoms. The summed E-state index contributed by atoms with van der Waals surface area (Å²) in [5.74, 6) is 0. The smallest absolute Gasteiger partial charge is 0.324 e. The molecule has 1 aromatic heterocycles. The standard InChI is InChI=1S/C8H9NO3S/c1-2-3-6(10)7-4-5-8(13-7)9(11)12/h2,4-6,10H,1,3H2. The van der Waals surface area contributed by atoms with Gasteiger partial charge < -0.3 is 5.11 Å². The predicted octanol–water partition coefficient (Wildman–Crippen LogP) is 2.27. The first-order chi connectivity index (χ1) is 6.15. The van der Waals surface area contributed by atoms with E-state index in [0.717, 1.165) is 11.3 Å². The zero-order valence-corrected chi connectivity index (χ0v) is 7.66. The molecule has 0 aliphatic heterocycles. The van der Waals surface area contributed by atoms with Gasteiger partial charge in [-0.25, -0.2) is 0 Å². The van der Waals surface area contributed by atoms with Gasteiger partial charge in [-0.15, -0.1) is 6.58 Å². The molecule has 0 radical (unpaired) electrons. The van der Waals surface area contributed by atoms with Crippen LogP contribution in [0.25, 0.3) is 0 Å². The van der Waals surface area contributed by atoms with Crippen LogP contribution >= 0.6 is 11.3 Å². The minimum atomic E-state index is -0.670. The maximum absolute atomic E-state index is 10.3. The Kier molecular flexibility index (Phi) is 3.16. The van der Waals surface area contributed by atoms with E-state index in [9.17, 15) is 15.2 Å². The van der Waals surface area contributed by atoms with Crippen LogP contribution in [0.15, 0.2) is 24.8 Å². The van der Waals surface area contributed by atoms with E-state index in [1.165, 1.54) is 6.07 Å². The average Bonchev–Trinajstić information content (AvgIpc) is 2.52. The van der Waals surface area contributed by atoms with Crippen LogP contribution in [0.4, 0.5) is 5.00 Å². The summed E-state index contributed by atoms with van der Waals surface area (Å²) in [6.07, 6.45) is 1.32. The summed E-state index contributed by atoms with van der Waals surface area (Å²) in [6, 6.07) is 2.96. The van der Waals surface area contributed by atoms with Crippen LogP contribution in [0, 0.1) is 10.1 Å². The van der Waals surface area contributed by atoms with Crippen molar-refractivity contribution in [2.45, 2.75) is 12.5 Å². The quantitative estimate of drug-likeness (QED) is 0.459. The highest BCUT2D eigenvalue weighted by atomic mass is 32.1. The zero-order chi connectivity index (χ0) is 9.84. The van der Waals surface area contributed by atoms with Crippen LogP contribution in [0.2, 0.25) is 0 Å². The SMILES string of the molecule is C=CCC(O)c1ccc([N+](=O)[O-])s1. The van der Waals surface area contributed by atoms with Gasteiger partial charge >= 0.3 is 5.00 Å². The number of nitro groups is 1. The third kappa shape index (κ3) is 2.37. The van der Waals surface area contributed by atoms with Crippen LogP contribution in [0.5, 0.6) is 0 Å². The van der Waals surface area contributed by atoms with Gasteiger partial charge in [-0.3, -0.25) is 10.1 Å². The molecule has 4 nitrogen and oxygen atoms in total. The molecule has 1 N–H and O–H groups in total. The van der Waals surface area contributed by atoms with Gasteiger partial charge in [-0.1, -0.05) is 17.4 Å². The summed E-state index contributed by atoms with van der Waals surface area (Å²) < 4.78 is 0. The fourth-order valence-corrected chi connectivity index (χ4v) is 1.71. The Balaban J connectivity index is 2.78. The third-order valence-corrected chi connectivity index (χ3v) is 2.65. The van der Waals surface area contributed by atoms with Gasteiger partial charge in [0.15, 0.2) is 0 Å². The second kappa shape index (κ2) is 4.15. The molecular weight excluding hydrogens is 190 g/mol. The monoisotopic (exact) mass is 199 g/mol. The molecule has 1 heterocycles. The summed E-state index contributed by atoms with van der Waals surface area (Å²) >= 11 is 0.992. The van der Waals surface area contributed by atoms with Crippen LogP contribution in [0.3, 0.4) is 0 Å². The molecule has 1 unspecified atom stereocenters. The second-order valence-electron chi connectivity index (χ2n) is 2.47. The van der Waals surface area contributed by atoms with Gasteiger partial charge in [0.25, 0.3) is 0 Å². The van der Waals surface area contributed by atoms with E-state index < -0.39 is 11.0 Å². The van der Waals surface area contributed by atoms with Crippen LogP contribution in [-0.2, 0) is 0 Å². The van der Waals surface area contributed by atoms with Crippen molar-refractivity contribution in [3.8, 4) is 0 Å². The highest BCUT2D eigenvalue weighted by molar-refractivity contribution is 7.15. The molecule has 0 aliphatic rings. The maximum Gasteiger partial charge on any atom is 0.324 e. The molecule has 0 spiro atoms. The lowest BCUT2D eigenvalue weighted by molar-refractivity contribution is -0.380. The van der Waals surface area contributed by atoms with Crippen molar-refractivity contribution in [2.75, 3.05) is 0 Å². The van der Waals surface area contributed by atoms with Crippen LogP contribution in [0.1, 0.15) is 17.4 Å². The number of nitrogens with zero attached hydrogens (tertiary/aromatic N) is 1. The Labute approximate surface area is 79.3 Å². The number of hydrogen-bond donors (Lipinski definition) is 1. The summed E-state index contributed by atoms with van der Waals surface area (Å²) in [4.78, 5) is 10.4. The lowest BCUT2D eigenvalue weighted by Crippen LogP contribution is -1.90. The van der Waals surface area contributed by atoms with Crippen LogP contribution in [-0.4, -0.2) is 10.0 Å². The molecule has 0 aromatic carbocycles. The number of hydrogen-bond acceptors (Lipinski definition) is 4. The van der Waals surface area contributed by atoms with E-state index >= 15 is 0 Å². The highest BCUT2D eigenvalue weighted by Crippen LogP contribution is 2.30. The van der Waals surface area contributed by atoms with Gasteiger partial charge in [-0.05, 0) is 12.5 Å². The minimum Gasteiger partial charge on any atom is -0.387 e. The third-order valence-electron chi connectivity index (χ3n) is 1.51. The number of aliphatic hydroxyl groups is 1. The molecule has 0 saturated heterocycles. The first kappa shape index (κ1) is 9.88. The molecule has 0 aliphatic carbocycles. The predicted molar refractivity (Wildman–Crippen MR) is 50.7 cm³/mol. The lowest BCUT2D eigenvalue weighted by atomic mass is 10.2.